The quantitative estimate of drug-likeness (QED) is 0.400. The van der Waals surface area contributed by atoms with Crippen molar-refractivity contribution in [2.75, 3.05) is 26.4 Å². The van der Waals surface area contributed by atoms with E-state index >= 15 is 0 Å². The van der Waals surface area contributed by atoms with Crippen LogP contribution in [0.25, 0.3) is 0 Å². The lowest BCUT2D eigenvalue weighted by Crippen LogP contribution is -2.08. The number of esters is 2. The standard InChI is InChI=1S/C16H20O6/c17-10-4-11-21-15(18)8-9-16(19)22-13-5-12-20-14-6-2-1-3-7-14/h1-3,6-9,17H,4-5,10-13H2. The Hall–Kier alpha value is -2.34. The Morgan fingerprint density at radius 3 is 2.09 bits per heavy atom. The highest BCUT2D eigenvalue weighted by atomic mass is 16.5. The van der Waals surface area contributed by atoms with E-state index in [0.717, 1.165) is 17.9 Å². The van der Waals surface area contributed by atoms with Gasteiger partial charge in [0.05, 0.1) is 19.8 Å². The fourth-order valence-corrected chi connectivity index (χ4v) is 1.41. The van der Waals surface area contributed by atoms with Crippen LogP contribution in [-0.4, -0.2) is 43.5 Å². The molecule has 0 atom stereocenters. The molecule has 6 nitrogen and oxygen atoms in total. The Balaban J connectivity index is 2.06. The molecule has 0 saturated heterocycles. The van der Waals surface area contributed by atoms with Crippen LogP contribution in [0.15, 0.2) is 42.5 Å². The van der Waals surface area contributed by atoms with E-state index < -0.39 is 11.9 Å². The number of benzene rings is 1. The van der Waals surface area contributed by atoms with Crippen LogP contribution in [-0.2, 0) is 19.1 Å². The first-order valence-corrected chi connectivity index (χ1v) is 7.02. The number of hydrogen-bond acceptors (Lipinski definition) is 6. The average molecular weight is 308 g/mol. The molecule has 0 aliphatic carbocycles. The molecule has 1 aromatic rings. The predicted octanol–water partition coefficient (Wildman–Crippen LogP) is 1.48. The van der Waals surface area contributed by atoms with Crippen molar-refractivity contribution in [2.24, 2.45) is 0 Å². The lowest BCUT2D eigenvalue weighted by atomic mass is 10.3. The summed E-state index contributed by atoms with van der Waals surface area (Å²) in [5.41, 5.74) is 0. The number of carbonyl (C=O) groups is 2. The van der Waals surface area contributed by atoms with Crippen molar-refractivity contribution in [3.05, 3.63) is 42.5 Å². The third kappa shape index (κ3) is 8.76. The van der Waals surface area contributed by atoms with E-state index in [1.54, 1.807) is 0 Å². The predicted molar refractivity (Wildman–Crippen MR) is 79.3 cm³/mol. The summed E-state index contributed by atoms with van der Waals surface area (Å²) in [7, 11) is 0. The number of para-hydroxylation sites is 1. The molecule has 0 spiro atoms. The van der Waals surface area contributed by atoms with Gasteiger partial charge in [0.25, 0.3) is 0 Å². The molecule has 1 aromatic carbocycles. The molecule has 1 N–H and O–H groups in total. The number of hydrogen-bond donors (Lipinski definition) is 1. The van der Waals surface area contributed by atoms with Gasteiger partial charge in [-0.2, -0.15) is 0 Å². The lowest BCUT2D eigenvalue weighted by molar-refractivity contribution is -0.140. The molecule has 0 amide bonds. The van der Waals surface area contributed by atoms with Gasteiger partial charge in [0.15, 0.2) is 0 Å². The second kappa shape index (κ2) is 11.3. The Bertz CT molecular complexity index is 469. The first-order valence-electron chi connectivity index (χ1n) is 7.02. The highest BCUT2D eigenvalue weighted by Crippen LogP contribution is 2.08. The smallest absolute Gasteiger partial charge is 0.331 e. The van der Waals surface area contributed by atoms with Crippen LogP contribution >= 0.6 is 0 Å². The van der Waals surface area contributed by atoms with Crippen molar-refractivity contribution in [1.82, 2.24) is 0 Å². The van der Waals surface area contributed by atoms with Gasteiger partial charge in [-0.15, -0.1) is 0 Å². The van der Waals surface area contributed by atoms with Crippen LogP contribution in [0.4, 0.5) is 0 Å². The molecule has 1 rings (SSSR count). The van der Waals surface area contributed by atoms with Gasteiger partial charge >= 0.3 is 11.9 Å². The third-order valence-electron chi connectivity index (χ3n) is 2.45. The van der Waals surface area contributed by atoms with Gasteiger partial charge in [-0.05, 0) is 12.1 Å². The van der Waals surface area contributed by atoms with Gasteiger partial charge in [-0.25, -0.2) is 9.59 Å². The van der Waals surface area contributed by atoms with Crippen LogP contribution in [0.3, 0.4) is 0 Å². The number of rotatable bonds is 10. The van der Waals surface area contributed by atoms with Crippen molar-refractivity contribution in [3.63, 3.8) is 0 Å². The van der Waals surface area contributed by atoms with Crippen molar-refractivity contribution >= 4 is 11.9 Å². The van der Waals surface area contributed by atoms with Gasteiger partial charge in [0.1, 0.15) is 5.75 Å². The molecule has 0 aromatic heterocycles. The maximum absolute atomic E-state index is 11.3. The molecule has 120 valence electrons. The van der Waals surface area contributed by atoms with Gasteiger partial charge in [-0.3, -0.25) is 0 Å². The first-order chi connectivity index (χ1) is 10.7. The van der Waals surface area contributed by atoms with Gasteiger partial charge < -0.3 is 19.3 Å². The van der Waals surface area contributed by atoms with Crippen LogP contribution in [0.2, 0.25) is 0 Å². The minimum absolute atomic E-state index is 0.0515. The van der Waals surface area contributed by atoms with Gasteiger partial charge in [0, 0.05) is 31.6 Å². The summed E-state index contributed by atoms with van der Waals surface area (Å²) in [4.78, 5) is 22.5. The maximum Gasteiger partial charge on any atom is 0.331 e. The zero-order valence-electron chi connectivity index (χ0n) is 12.3. The fraction of sp³-hybridized carbons (Fsp3) is 0.375. The van der Waals surface area contributed by atoms with E-state index in [1.165, 1.54) is 0 Å². The zero-order chi connectivity index (χ0) is 16.0. The maximum atomic E-state index is 11.3. The Morgan fingerprint density at radius 2 is 1.50 bits per heavy atom. The Morgan fingerprint density at radius 1 is 0.909 bits per heavy atom. The van der Waals surface area contributed by atoms with Crippen molar-refractivity contribution in [1.29, 1.82) is 0 Å². The Kier molecular flexibility index (Phi) is 9.12. The number of aliphatic hydroxyl groups is 1. The third-order valence-corrected chi connectivity index (χ3v) is 2.45. The molecule has 0 saturated carbocycles. The number of carbonyl (C=O) groups excluding carboxylic acids is 2. The summed E-state index contributed by atoms with van der Waals surface area (Å²) in [5.74, 6) is -0.490. The van der Waals surface area contributed by atoms with Crippen molar-refractivity contribution in [3.8, 4) is 5.75 Å². The van der Waals surface area contributed by atoms with E-state index in [9.17, 15) is 9.59 Å². The molecule has 22 heavy (non-hydrogen) atoms. The summed E-state index contributed by atoms with van der Waals surface area (Å²) in [5, 5.41) is 8.52. The fourth-order valence-electron chi connectivity index (χ4n) is 1.41. The second-order valence-corrected chi connectivity index (χ2v) is 4.26. The van der Waals surface area contributed by atoms with Crippen LogP contribution in [0, 0.1) is 0 Å². The monoisotopic (exact) mass is 308 g/mol. The molecular formula is C16H20O6. The van der Waals surface area contributed by atoms with Gasteiger partial charge in [0.2, 0.25) is 0 Å². The molecule has 0 fully saturated rings. The highest BCUT2D eigenvalue weighted by Gasteiger charge is 2.01. The van der Waals surface area contributed by atoms with E-state index in [1.807, 2.05) is 30.3 Å². The Labute approximate surface area is 129 Å². The van der Waals surface area contributed by atoms with Crippen molar-refractivity contribution in [2.45, 2.75) is 12.8 Å². The minimum atomic E-state index is -0.641. The SMILES string of the molecule is O=C(C=CC(=O)OCCCOc1ccccc1)OCCCO. The highest BCUT2D eigenvalue weighted by molar-refractivity contribution is 5.91. The second-order valence-electron chi connectivity index (χ2n) is 4.26. The zero-order valence-corrected chi connectivity index (χ0v) is 12.3. The number of aliphatic hydroxyl groups excluding tert-OH is 1. The summed E-state index contributed by atoms with van der Waals surface area (Å²) >= 11 is 0. The van der Waals surface area contributed by atoms with E-state index in [4.69, 9.17) is 19.3 Å². The molecule has 0 aliphatic heterocycles. The van der Waals surface area contributed by atoms with Crippen molar-refractivity contribution < 1.29 is 28.9 Å². The summed E-state index contributed by atoms with van der Waals surface area (Å²) < 4.78 is 15.1. The molecule has 6 heteroatoms. The molecule has 0 bridgehead atoms. The van der Waals surface area contributed by atoms with E-state index in [0.29, 0.717) is 19.4 Å². The average Bonchev–Trinajstić information content (AvgIpc) is 2.54. The van der Waals surface area contributed by atoms with Crippen LogP contribution in [0.5, 0.6) is 5.75 Å². The largest absolute Gasteiger partial charge is 0.493 e. The number of ether oxygens (including phenoxy) is 3. The van der Waals surface area contributed by atoms with Crippen LogP contribution in [0.1, 0.15) is 12.8 Å². The van der Waals surface area contributed by atoms with Gasteiger partial charge in [-0.1, -0.05) is 18.2 Å². The molecule has 0 aliphatic rings. The summed E-state index contributed by atoms with van der Waals surface area (Å²) in [6, 6.07) is 9.34. The topological polar surface area (TPSA) is 82.1 Å². The first kappa shape index (κ1) is 17.7. The molecule has 0 heterocycles. The molecule has 0 radical (unpaired) electrons. The molecule has 0 unspecified atom stereocenters. The molecular weight excluding hydrogens is 288 g/mol. The van der Waals surface area contributed by atoms with E-state index in [2.05, 4.69) is 0 Å². The van der Waals surface area contributed by atoms with Crippen LogP contribution < -0.4 is 4.74 Å². The normalized spacial score (nSPS) is 10.4. The van der Waals surface area contributed by atoms with E-state index in [-0.39, 0.29) is 19.8 Å². The summed E-state index contributed by atoms with van der Waals surface area (Å²) in [6.07, 6.45) is 2.93. The minimum Gasteiger partial charge on any atom is -0.493 e. The lowest BCUT2D eigenvalue weighted by Gasteiger charge is -2.05. The summed E-state index contributed by atoms with van der Waals surface area (Å²) in [6.45, 7) is 0.704.